The fourth-order valence-electron chi connectivity index (χ4n) is 3.81. The summed E-state index contributed by atoms with van der Waals surface area (Å²) in [6.07, 6.45) is 4.87. The molecule has 36 heavy (non-hydrogen) atoms. The van der Waals surface area contributed by atoms with Crippen LogP contribution in [0.15, 0.2) is 122 Å². The maximum Gasteiger partial charge on any atom is 0.343 e. The molecular weight excluding hydrogens is 448 g/mol. The average Bonchev–Trinajstić information content (AvgIpc) is 2.91. The van der Waals surface area contributed by atoms with Crippen molar-refractivity contribution >= 4 is 11.9 Å². The summed E-state index contributed by atoms with van der Waals surface area (Å²) in [5, 5.41) is 0. The summed E-state index contributed by atoms with van der Waals surface area (Å²) >= 11 is 0. The fraction of sp³-hybridized carbons (Fsp3) is 0.0625. The number of benzene rings is 4. The third-order valence-electron chi connectivity index (χ3n) is 5.56. The Balaban J connectivity index is 1.80. The van der Waals surface area contributed by atoms with Crippen molar-refractivity contribution in [2.45, 2.75) is 12.8 Å². The summed E-state index contributed by atoms with van der Waals surface area (Å²) in [4.78, 5) is 25.8. The zero-order chi connectivity index (χ0) is 25.3. The second-order valence-corrected chi connectivity index (χ2v) is 8.16. The third-order valence-corrected chi connectivity index (χ3v) is 5.56. The second kappa shape index (κ2) is 11.6. The molecule has 0 heterocycles. The van der Waals surface area contributed by atoms with Crippen LogP contribution >= 0.6 is 0 Å². The number of allylic oxidation sites excluding steroid dienone is 2. The Morgan fingerprint density at radius 1 is 0.583 bits per heavy atom. The Morgan fingerprint density at radius 3 is 1.33 bits per heavy atom. The van der Waals surface area contributed by atoms with Crippen molar-refractivity contribution < 1.29 is 19.1 Å². The zero-order valence-corrected chi connectivity index (χ0v) is 19.9. The summed E-state index contributed by atoms with van der Waals surface area (Å²) in [6, 6.07) is 28.8. The van der Waals surface area contributed by atoms with E-state index in [0.29, 0.717) is 46.6 Å². The predicted molar refractivity (Wildman–Crippen MR) is 142 cm³/mol. The summed E-state index contributed by atoms with van der Waals surface area (Å²) in [6.45, 7) is 7.66. The van der Waals surface area contributed by atoms with Crippen LogP contribution in [0.2, 0.25) is 0 Å². The standard InChI is InChI=1S/C32H26O4/c1-3-11-23-17-19-29(35-31(33)25-13-7-5-8-14-25)27(21-23)28-22-24(12-4-2)18-20-30(28)36-32(34)26-15-9-6-10-16-26/h3-10,13-22H,1-2,11-12H2. The molecule has 0 radical (unpaired) electrons. The highest BCUT2D eigenvalue weighted by molar-refractivity contribution is 5.94. The lowest BCUT2D eigenvalue weighted by Gasteiger charge is -2.16. The molecule has 0 aliphatic rings. The molecule has 178 valence electrons. The van der Waals surface area contributed by atoms with E-state index in [0.717, 1.165) is 11.1 Å². The monoisotopic (exact) mass is 474 g/mol. The van der Waals surface area contributed by atoms with Crippen LogP contribution in [-0.4, -0.2) is 11.9 Å². The van der Waals surface area contributed by atoms with Crippen LogP contribution in [0.25, 0.3) is 11.1 Å². The van der Waals surface area contributed by atoms with Crippen molar-refractivity contribution in [1.29, 1.82) is 0 Å². The number of esters is 2. The van der Waals surface area contributed by atoms with Crippen LogP contribution in [0.1, 0.15) is 31.8 Å². The van der Waals surface area contributed by atoms with Gasteiger partial charge in [-0.2, -0.15) is 0 Å². The summed E-state index contributed by atoms with van der Waals surface area (Å²) in [7, 11) is 0. The van der Waals surface area contributed by atoms with Crippen LogP contribution in [0, 0.1) is 0 Å². The summed E-state index contributed by atoms with van der Waals surface area (Å²) in [5.41, 5.74) is 4.12. The molecule has 0 saturated carbocycles. The molecule has 0 aliphatic heterocycles. The van der Waals surface area contributed by atoms with E-state index in [-0.39, 0.29) is 0 Å². The quantitative estimate of drug-likeness (QED) is 0.146. The van der Waals surface area contributed by atoms with E-state index in [4.69, 9.17) is 9.47 Å². The number of carbonyl (C=O) groups is 2. The second-order valence-electron chi connectivity index (χ2n) is 8.16. The van der Waals surface area contributed by atoms with Crippen LogP contribution < -0.4 is 9.47 Å². The van der Waals surface area contributed by atoms with Crippen molar-refractivity contribution in [3.8, 4) is 22.6 Å². The van der Waals surface area contributed by atoms with E-state index in [1.54, 1.807) is 72.8 Å². The van der Waals surface area contributed by atoms with Gasteiger partial charge < -0.3 is 9.47 Å². The summed E-state index contributed by atoms with van der Waals surface area (Å²) < 4.78 is 11.7. The molecule has 0 spiro atoms. The van der Waals surface area contributed by atoms with Crippen molar-refractivity contribution in [3.05, 3.63) is 145 Å². The lowest BCUT2D eigenvalue weighted by Crippen LogP contribution is -2.11. The molecule has 0 fully saturated rings. The van der Waals surface area contributed by atoms with Crippen molar-refractivity contribution in [1.82, 2.24) is 0 Å². The Labute approximate surface area is 211 Å². The van der Waals surface area contributed by atoms with E-state index < -0.39 is 11.9 Å². The number of ether oxygens (including phenoxy) is 2. The van der Waals surface area contributed by atoms with Gasteiger partial charge in [0.15, 0.2) is 0 Å². The molecule has 0 bridgehead atoms. The Kier molecular flexibility index (Phi) is 7.89. The highest BCUT2D eigenvalue weighted by Gasteiger charge is 2.19. The predicted octanol–water partition coefficient (Wildman–Crippen LogP) is 7.25. The molecule has 0 atom stereocenters. The van der Waals surface area contributed by atoms with E-state index in [1.165, 1.54) is 0 Å². The maximum absolute atomic E-state index is 12.9. The first-order valence-electron chi connectivity index (χ1n) is 11.6. The van der Waals surface area contributed by atoms with Gasteiger partial charge in [0.25, 0.3) is 0 Å². The lowest BCUT2D eigenvalue weighted by atomic mass is 9.97. The largest absolute Gasteiger partial charge is 0.422 e. The number of hydrogen-bond acceptors (Lipinski definition) is 4. The van der Waals surface area contributed by atoms with Crippen LogP contribution in [0.4, 0.5) is 0 Å². The van der Waals surface area contributed by atoms with Gasteiger partial charge in [-0.15, -0.1) is 13.2 Å². The molecule has 4 aromatic carbocycles. The Bertz CT molecular complexity index is 1280. The van der Waals surface area contributed by atoms with Crippen molar-refractivity contribution in [3.63, 3.8) is 0 Å². The minimum atomic E-state index is -0.474. The number of carbonyl (C=O) groups excluding carboxylic acids is 2. The van der Waals surface area contributed by atoms with Gasteiger partial charge in [0.2, 0.25) is 0 Å². The molecule has 0 aromatic heterocycles. The van der Waals surface area contributed by atoms with E-state index >= 15 is 0 Å². The normalized spacial score (nSPS) is 10.3. The third kappa shape index (κ3) is 5.86. The minimum absolute atomic E-state index is 0.365. The van der Waals surface area contributed by atoms with Gasteiger partial charge in [0, 0.05) is 11.1 Å². The van der Waals surface area contributed by atoms with Gasteiger partial charge in [-0.25, -0.2) is 9.59 Å². The molecule has 0 N–H and O–H groups in total. The van der Waals surface area contributed by atoms with Crippen LogP contribution in [-0.2, 0) is 12.8 Å². The van der Waals surface area contributed by atoms with E-state index in [9.17, 15) is 9.59 Å². The minimum Gasteiger partial charge on any atom is -0.422 e. The van der Waals surface area contributed by atoms with Gasteiger partial charge >= 0.3 is 11.9 Å². The first-order chi connectivity index (χ1) is 17.6. The number of rotatable bonds is 9. The van der Waals surface area contributed by atoms with Crippen molar-refractivity contribution in [2.24, 2.45) is 0 Å². The zero-order valence-electron chi connectivity index (χ0n) is 19.9. The molecule has 4 rings (SSSR count). The topological polar surface area (TPSA) is 52.6 Å². The Morgan fingerprint density at radius 2 is 0.972 bits per heavy atom. The van der Waals surface area contributed by atoms with Crippen LogP contribution in [0.5, 0.6) is 11.5 Å². The molecular formula is C32H26O4. The maximum atomic E-state index is 12.9. The van der Waals surface area contributed by atoms with Gasteiger partial charge in [0.05, 0.1) is 11.1 Å². The first kappa shape index (κ1) is 24.4. The SMILES string of the molecule is C=CCc1ccc(OC(=O)c2ccccc2)c(-c2cc(CC=C)ccc2OC(=O)c2ccccc2)c1. The molecule has 0 amide bonds. The first-order valence-corrected chi connectivity index (χ1v) is 11.6. The molecule has 4 aromatic rings. The van der Waals surface area contributed by atoms with E-state index in [2.05, 4.69) is 13.2 Å². The average molecular weight is 475 g/mol. The molecule has 0 saturated heterocycles. The number of hydrogen-bond donors (Lipinski definition) is 0. The van der Waals surface area contributed by atoms with Crippen molar-refractivity contribution in [2.75, 3.05) is 0 Å². The molecule has 4 heteroatoms. The molecule has 0 aliphatic carbocycles. The van der Waals surface area contributed by atoms with Gasteiger partial charge in [-0.3, -0.25) is 0 Å². The highest BCUT2D eigenvalue weighted by atomic mass is 16.5. The van der Waals surface area contributed by atoms with Gasteiger partial charge in [-0.05, 0) is 72.5 Å². The van der Waals surface area contributed by atoms with Gasteiger partial charge in [-0.1, -0.05) is 60.7 Å². The molecule has 4 nitrogen and oxygen atoms in total. The highest BCUT2D eigenvalue weighted by Crippen LogP contribution is 2.39. The lowest BCUT2D eigenvalue weighted by molar-refractivity contribution is 0.0723. The van der Waals surface area contributed by atoms with Gasteiger partial charge in [0.1, 0.15) is 11.5 Å². The Hall–Kier alpha value is -4.70. The smallest absolute Gasteiger partial charge is 0.343 e. The summed E-state index contributed by atoms with van der Waals surface area (Å²) in [5.74, 6) is -0.217. The fourth-order valence-corrected chi connectivity index (χ4v) is 3.81. The van der Waals surface area contributed by atoms with E-state index in [1.807, 2.05) is 36.4 Å². The van der Waals surface area contributed by atoms with Crippen LogP contribution in [0.3, 0.4) is 0 Å². The molecule has 0 unspecified atom stereocenters.